The zero-order valence-electron chi connectivity index (χ0n) is 40.5. The summed E-state index contributed by atoms with van der Waals surface area (Å²) in [4.78, 5) is 23.1. The number of phosphoric acid groups is 1. The molecule has 0 aromatic heterocycles. The minimum atomic E-state index is -4.31. The van der Waals surface area contributed by atoms with Crippen LogP contribution >= 0.6 is 7.82 Å². The van der Waals surface area contributed by atoms with Gasteiger partial charge >= 0.3 is 7.82 Å². The summed E-state index contributed by atoms with van der Waals surface area (Å²) in [5.74, 6) is -0.144. The Morgan fingerprint density at radius 3 is 1.37 bits per heavy atom. The maximum Gasteiger partial charge on any atom is 0.472 e. The number of aliphatic hydroxyl groups excluding tert-OH is 1. The Morgan fingerprint density at radius 1 is 0.567 bits per heavy atom. The molecule has 0 heterocycles. The summed E-state index contributed by atoms with van der Waals surface area (Å²) in [6.07, 6.45) is 52.4. The first kappa shape index (κ1) is 59.0. The van der Waals surface area contributed by atoms with Crippen molar-refractivity contribution >= 4 is 13.7 Å². The molecule has 356 valence electrons. The molecule has 0 aliphatic carbocycles. The van der Waals surface area contributed by atoms with Crippen LogP contribution in [0, 0.1) is 0 Å². The number of rotatable bonds is 47. The summed E-state index contributed by atoms with van der Waals surface area (Å²) in [6, 6.07) is -0.755. The third-order valence-electron chi connectivity index (χ3n) is 11.7. The quantitative estimate of drug-likeness (QED) is 0.0243. The van der Waals surface area contributed by atoms with Crippen molar-refractivity contribution in [3.63, 3.8) is 0 Å². The van der Waals surface area contributed by atoms with Gasteiger partial charge < -0.3 is 19.8 Å². The molecule has 0 aliphatic heterocycles. The molecule has 0 fully saturated rings. The Kier molecular flexibility index (Phi) is 42.5. The fraction of sp³-hybridized carbons (Fsp3) is 0.902. The number of likely N-dealkylation sites (N-methyl/N-ethyl adjacent to an activating group) is 1. The normalized spacial score (nSPS) is 14.3. The smallest absolute Gasteiger partial charge is 0.391 e. The molecule has 0 aliphatic rings. The van der Waals surface area contributed by atoms with Gasteiger partial charge in [-0.1, -0.05) is 218 Å². The van der Waals surface area contributed by atoms with Crippen LogP contribution in [0.4, 0.5) is 0 Å². The highest BCUT2D eigenvalue weighted by Crippen LogP contribution is 2.43. The molecule has 0 bridgehead atoms. The summed E-state index contributed by atoms with van der Waals surface area (Å²) in [5.41, 5.74) is 0. The van der Waals surface area contributed by atoms with Crippen LogP contribution in [0.15, 0.2) is 24.3 Å². The number of quaternary nitrogens is 1. The summed E-state index contributed by atoms with van der Waals surface area (Å²) in [7, 11) is 1.62. The van der Waals surface area contributed by atoms with E-state index in [4.69, 9.17) is 9.05 Å². The monoisotopic (exact) mass is 870 g/mol. The third kappa shape index (κ3) is 45.0. The van der Waals surface area contributed by atoms with Gasteiger partial charge in [-0.15, -0.1) is 0 Å². The molecule has 0 saturated heterocycles. The molecular formula is C51H102N2O6P+. The Hall–Kier alpha value is -1.02. The number of phosphoric ester groups is 1. The Labute approximate surface area is 373 Å². The van der Waals surface area contributed by atoms with Crippen molar-refractivity contribution in [1.29, 1.82) is 0 Å². The lowest BCUT2D eigenvalue weighted by molar-refractivity contribution is -0.870. The molecule has 1 amide bonds. The van der Waals surface area contributed by atoms with E-state index in [2.05, 4.69) is 43.5 Å². The van der Waals surface area contributed by atoms with Crippen molar-refractivity contribution in [3.8, 4) is 0 Å². The highest BCUT2D eigenvalue weighted by molar-refractivity contribution is 7.47. The van der Waals surface area contributed by atoms with Gasteiger partial charge in [0.25, 0.3) is 0 Å². The van der Waals surface area contributed by atoms with Crippen LogP contribution in [0.2, 0.25) is 0 Å². The van der Waals surface area contributed by atoms with Gasteiger partial charge in [0.05, 0.1) is 39.9 Å². The number of nitrogens with zero attached hydrogens (tertiary/aromatic N) is 1. The second-order valence-electron chi connectivity index (χ2n) is 18.9. The van der Waals surface area contributed by atoms with E-state index in [9.17, 15) is 19.4 Å². The molecule has 3 unspecified atom stereocenters. The number of hydrogen-bond acceptors (Lipinski definition) is 5. The molecule has 8 nitrogen and oxygen atoms in total. The van der Waals surface area contributed by atoms with Gasteiger partial charge in [0.2, 0.25) is 5.91 Å². The fourth-order valence-electron chi connectivity index (χ4n) is 7.61. The predicted octanol–water partition coefficient (Wildman–Crippen LogP) is 14.9. The van der Waals surface area contributed by atoms with E-state index in [1.54, 1.807) is 0 Å². The topological polar surface area (TPSA) is 105 Å². The van der Waals surface area contributed by atoms with E-state index in [1.807, 2.05) is 21.1 Å². The molecule has 3 atom stereocenters. The van der Waals surface area contributed by atoms with Crippen molar-refractivity contribution in [2.45, 2.75) is 257 Å². The van der Waals surface area contributed by atoms with Gasteiger partial charge in [0, 0.05) is 6.42 Å². The lowest BCUT2D eigenvalue weighted by atomic mass is 10.0. The second kappa shape index (κ2) is 43.2. The molecule has 3 N–H and O–H groups in total. The third-order valence-corrected chi connectivity index (χ3v) is 12.7. The standard InChI is InChI=1S/C51H101N2O6P/c1-6-8-10-12-14-16-17-18-19-20-21-22-23-24-25-26-27-28-29-30-31-32-33-34-35-37-39-41-43-45-51(55)52-49(48-59-60(56,57)58-47-46-53(3,4)5)50(54)44-42-40-38-36-15-13-11-9-7-2/h17-18,20-21,49-50,54H,6-16,19,22-48H2,1-5H3,(H-,52,55,56,57)/p+1/b18-17-,21-20-. The molecule has 0 radical (unpaired) electrons. The van der Waals surface area contributed by atoms with E-state index in [0.717, 1.165) is 44.9 Å². The number of nitrogens with one attached hydrogen (secondary N) is 1. The van der Waals surface area contributed by atoms with E-state index >= 15 is 0 Å². The SMILES string of the molecule is CCCCCCC/C=C\C/C=C\CCCCCCCCCCCCCCCCCCCC(=O)NC(COP(=O)(O)OCC[N+](C)(C)C)C(O)CCCCCCCCCCC. The first-order chi connectivity index (χ1) is 29.0. The van der Waals surface area contributed by atoms with Crippen LogP contribution in [-0.4, -0.2) is 73.4 Å². The zero-order valence-corrected chi connectivity index (χ0v) is 41.4. The van der Waals surface area contributed by atoms with Crippen LogP contribution in [0.25, 0.3) is 0 Å². The van der Waals surface area contributed by atoms with Gasteiger partial charge in [0.15, 0.2) is 0 Å². The second-order valence-corrected chi connectivity index (χ2v) is 20.4. The minimum absolute atomic E-state index is 0.0761. The molecular weight excluding hydrogens is 768 g/mol. The lowest BCUT2D eigenvalue weighted by Gasteiger charge is -2.26. The largest absolute Gasteiger partial charge is 0.472 e. The fourth-order valence-corrected chi connectivity index (χ4v) is 8.34. The van der Waals surface area contributed by atoms with Gasteiger partial charge in [-0.05, 0) is 44.9 Å². The number of allylic oxidation sites excluding steroid dienone is 4. The van der Waals surface area contributed by atoms with Crippen molar-refractivity contribution in [2.75, 3.05) is 40.9 Å². The average Bonchev–Trinajstić information content (AvgIpc) is 3.20. The van der Waals surface area contributed by atoms with Crippen LogP contribution in [-0.2, 0) is 18.4 Å². The molecule has 0 saturated carbocycles. The summed E-state index contributed by atoms with van der Waals surface area (Å²) >= 11 is 0. The first-order valence-corrected chi connectivity index (χ1v) is 27.2. The molecule has 0 spiro atoms. The van der Waals surface area contributed by atoms with Gasteiger partial charge in [-0.25, -0.2) is 4.57 Å². The lowest BCUT2D eigenvalue weighted by Crippen LogP contribution is -2.46. The van der Waals surface area contributed by atoms with Crippen LogP contribution < -0.4 is 5.32 Å². The summed E-state index contributed by atoms with van der Waals surface area (Å²) < 4.78 is 23.6. The molecule has 0 rings (SSSR count). The van der Waals surface area contributed by atoms with Crippen LogP contribution in [0.3, 0.4) is 0 Å². The number of carbonyl (C=O) groups is 1. The van der Waals surface area contributed by atoms with E-state index in [0.29, 0.717) is 23.9 Å². The molecule has 0 aromatic carbocycles. The van der Waals surface area contributed by atoms with E-state index in [-0.39, 0.29) is 19.1 Å². The average molecular weight is 870 g/mol. The number of unbranched alkanes of at least 4 members (excludes halogenated alkanes) is 30. The van der Waals surface area contributed by atoms with Crippen LogP contribution in [0.1, 0.15) is 245 Å². The number of amides is 1. The van der Waals surface area contributed by atoms with Gasteiger partial charge in [-0.3, -0.25) is 13.8 Å². The van der Waals surface area contributed by atoms with Crippen LogP contribution in [0.5, 0.6) is 0 Å². The van der Waals surface area contributed by atoms with E-state index < -0.39 is 20.0 Å². The van der Waals surface area contributed by atoms with Crippen molar-refractivity contribution in [1.82, 2.24) is 5.32 Å². The van der Waals surface area contributed by atoms with Crippen molar-refractivity contribution in [2.24, 2.45) is 0 Å². The highest BCUT2D eigenvalue weighted by Gasteiger charge is 2.28. The molecule has 0 aromatic rings. The Balaban J connectivity index is 3.98. The van der Waals surface area contributed by atoms with E-state index in [1.165, 1.54) is 173 Å². The number of hydrogen-bond donors (Lipinski definition) is 3. The minimum Gasteiger partial charge on any atom is -0.391 e. The Morgan fingerprint density at radius 2 is 0.950 bits per heavy atom. The van der Waals surface area contributed by atoms with Gasteiger partial charge in [-0.2, -0.15) is 0 Å². The molecule has 9 heteroatoms. The Bertz CT molecular complexity index is 1030. The number of carbonyl (C=O) groups excluding carboxylic acids is 1. The summed E-state index contributed by atoms with van der Waals surface area (Å²) in [5, 5.41) is 13.9. The molecule has 60 heavy (non-hydrogen) atoms. The van der Waals surface area contributed by atoms with Gasteiger partial charge in [0.1, 0.15) is 13.2 Å². The predicted molar refractivity (Wildman–Crippen MR) is 258 cm³/mol. The first-order valence-electron chi connectivity index (χ1n) is 25.7. The number of aliphatic hydroxyl groups is 1. The maximum absolute atomic E-state index is 12.9. The maximum atomic E-state index is 12.9. The van der Waals surface area contributed by atoms with Crippen molar-refractivity contribution in [3.05, 3.63) is 24.3 Å². The zero-order chi connectivity index (χ0) is 44.3. The van der Waals surface area contributed by atoms with Crippen molar-refractivity contribution < 1.29 is 32.9 Å². The highest BCUT2D eigenvalue weighted by atomic mass is 31.2. The summed E-state index contributed by atoms with van der Waals surface area (Å²) in [6.45, 7) is 4.87.